The van der Waals surface area contributed by atoms with Gasteiger partial charge in [0.2, 0.25) is 0 Å². The van der Waals surface area contributed by atoms with Gasteiger partial charge in [-0.3, -0.25) is 9.48 Å². The summed E-state index contributed by atoms with van der Waals surface area (Å²) in [7, 11) is 1.81. The van der Waals surface area contributed by atoms with E-state index < -0.39 is 0 Å². The van der Waals surface area contributed by atoms with Gasteiger partial charge in [-0.1, -0.05) is 37.3 Å². The van der Waals surface area contributed by atoms with Gasteiger partial charge in [0.05, 0.1) is 11.4 Å². The second-order valence-corrected chi connectivity index (χ2v) is 5.71. The molecule has 0 spiro atoms. The Morgan fingerprint density at radius 3 is 2.77 bits per heavy atom. The van der Waals surface area contributed by atoms with Crippen LogP contribution in [-0.4, -0.2) is 20.7 Å². The number of nitrogens with zero attached hydrogens (tertiary/aromatic N) is 3. The Balaban J connectivity index is 1.78. The molecule has 0 saturated heterocycles. The number of nitrogens with one attached hydrogen (secondary N) is 1. The van der Waals surface area contributed by atoms with Gasteiger partial charge < -0.3 is 5.32 Å². The lowest BCUT2D eigenvalue weighted by molar-refractivity contribution is 0.102. The van der Waals surface area contributed by atoms with E-state index >= 15 is 0 Å². The van der Waals surface area contributed by atoms with Crippen LogP contribution in [0.4, 0.5) is 5.82 Å². The molecule has 0 unspecified atom stereocenters. The quantitative estimate of drug-likeness (QED) is 0.803. The molecular weight excluding hydrogens is 296 g/mol. The number of carbonyl (C=O) groups is 1. The maximum Gasteiger partial charge on any atom is 0.285 e. The fourth-order valence-electron chi connectivity index (χ4n) is 2.11. The summed E-state index contributed by atoms with van der Waals surface area (Å²) in [6.45, 7) is 2.03. The number of hydrogen-bond acceptors (Lipinski definition) is 4. The third-order valence-electron chi connectivity index (χ3n) is 3.30. The first kappa shape index (κ1) is 14.5. The van der Waals surface area contributed by atoms with Gasteiger partial charge in [-0.2, -0.15) is 5.10 Å². The number of aromatic nitrogens is 3. The van der Waals surface area contributed by atoms with Crippen LogP contribution in [0.3, 0.4) is 0 Å². The van der Waals surface area contributed by atoms with Gasteiger partial charge in [-0.05, 0) is 6.42 Å². The summed E-state index contributed by atoms with van der Waals surface area (Å²) in [5.41, 5.74) is 2.77. The van der Waals surface area contributed by atoms with Gasteiger partial charge in [0.1, 0.15) is 5.82 Å². The molecule has 0 aliphatic rings. The number of carbonyl (C=O) groups excluding carboxylic acids is 1. The maximum atomic E-state index is 12.3. The molecule has 3 aromatic rings. The summed E-state index contributed by atoms with van der Waals surface area (Å²) in [4.78, 5) is 16.7. The molecule has 1 aromatic carbocycles. The molecule has 1 amide bonds. The van der Waals surface area contributed by atoms with Crippen molar-refractivity contribution in [3.05, 3.63) is 52.5 Å². The Hall–Kier alpha value is -2.47. The van der Waals surface area contributed by atoms with E-state index in [9.17, 15) is 4.79 Å². The molecule has 22 heavy (non-hydrogen) atoms. The van der Waals surface area contributed by atoms with Crippen molar-refractivity contribution in [3.63, 3.8) is 0 Å². The number of benzene rings is 1. The predicted octanol–water partition coefficient (Wildman–Crippen LogP) is 3.36. The van der Waals surface area contributed by atoms with E-state index in [4.69, 9.17) is 0 Å². The van der Waals surface area contributed by atoms with E-state index in [0.717, 1.165) is 23.4 Å². The first-order valence-corrected chi connectivity index (χ1v) is 7.90. The molecule has 0 bridgehead atoms. The number of thiazole rings is 1. The number of aryl methyl sites for hydroxylation is 2. The molecule has 0 saturated carbocycles. The third kappa shape index (κ3) is 2.92. The van der Waals surface area contributed by atoms with Gasteiger partial charge in [0.15, 0.2) is 5.01 Å². The second-order valence-electron chi connectivity index (χ2n) is 4.86. The summed E-state index contributed by atoms with van der Waals surface area (Å²) >= 11 is 1.34. The molecule has 0 aliphatic heterocycles. The second kappa shape index (κ2) is 6.11. The summed E-state index contributed by atoms with van der Waals surface area (Å²) in [6, 6.07) is 11.7. The van der Waals surface area contributed by atoms with Gasteiger partial charge in [0.25, 0.3) is 5.91 Å². The summed E-state index contributed by atoms with van der Waals surface area (Å²) in [5, 5.41) is 9.51. The average Bonchev–Trinajstić information content (AvgIpc) is 3.16. The van der Waals surface area contributed by atoms with E-state index in [1.165, 1.54) is 11.3 Å². The van der Waals surface area contributed by atoms with Crippen LogP contribution in [0.15, 0.2) is 41.8 Å². The number of anilines is 1. The van der Waals surface area contributed by atoms with Crippen LogP contribution in [0.1, 0.15) is 22.4 Å². The fraction of sp³-hybridized carbons (Fsp3) is 0.188. The van der Waals surface area contributed by atoms with E-state index in [-0.39, 0.29) is 5.91 Å². The average molecular weight is 312 g/mol. The van der Waals surface area contributed by atoms with E-state index in [2.05, 4.69) is 15.4 Å². The Bertz CT molecular complexity index is 792. The highest BCUT2D eigenvalue weighted by molar-refractivity contribution is 7.12. The lowest BCUT2D eigenvalue weighted by atomic mass is 10.2. The zero-order valence-corrected chi connectivity index (χ0v) is 13.2. The zero-order chi connectivity index (χ0) is 15.5. The highest BCUT2D eigenvalue weighted by atomic mass is 32.1. The molecule has 0 atom stereocenters. The first-order valence-electron chi connectivity index (χ1n) is 7.02. The SMILES string of the molecule is CCc1cc(NC(=O)c2nc(-c3ccccc3)cs2)n(C)n1. The molecule has 0 fully saturated rings. The topological polar surface area (TPSA) is 59.8 Å². The van der Waals surface area contributed by atoms with Crippen LogP contribution in [0, 0.1) is 0 Å². The molecular formula is C16H16N4OS. The molecule has 1 N–H and O–H groups in total. The first-order chi connectivity index (χ1) is 10.7. The Kier molecular flexibility index (Phi) is 4.02. The molecule has 0 radical (unpaired) electrons. The lowest BCUT2D eigenvalue weighted by Gasteiger charge is -2.02. The van der Waals surface area contributed by atoms with Gasteiger partial charge in [-0.25, -0.2) is 4.98 Å². The maximum absolute atomic E-state index is 12.3. The minimum atomic E-state index is -0.210. The van der Waals surface area contributed by atoms with E-state index in [1.54, 1.807) is 4.68 Å². The van der Waals surface area contributed by atoms with Crippen molar-refractivity contribution in [2.24, 2.45) is 7.05 Å². The van der Waals surface area contributed by atoms with Crippen molar-refractivity contribution in [2.75, 3.05) is 5.32 Å². The van der Waals surface area contributed by atoms with E-state index in [0.29, 0.717) is 10.8 Å². The van der Waals surface area contributed by atoms with Crippen molar-refractivity contribution in [3.8, 4) is 11.3 Å². The third-order valence-corrected chi connectivity index (χ3v) is 4.14. The monoisotopic (exact) mass is 312 g/mol. The van der Waals surface area contributed by atoms with Crippen molar-refractivity contribution in [1.29, 1.82) is 0 Å². The van der Waals surface area contributed by atoms with Gasteiger partial charge in [0, 0.05) is 24.1 Å². The fourth-order valence-corrected chi connectivity index (χ4v) is 2.83. The Labute approximate surface area is 132 Å². The zero-order valence-electron chi connectivity index (χ0n) is 12.4. The van der Waals surface area contributed by atoms with Gasteiger partial charge >= 0.3 is 0 Å². The van der Waals surface area contributed by atoms with Crippen LogP contribution < -0.4 is 5.32 Å². The lowest BCUT2D eigenvalue weighted by Crippen LogP contribution is -2.14. The van der Waals surface area contributed by atoms with Gasteiger partial charge in [-0.15, -0.1) is 11.3 Å². The van der Waals surface area contributed by atoms with Crippen LogP contribution in [0.25, 0.3) is 11.3 Å². The minimum Gasteiger partial charge on any atom is -0.305 e. The Morgan fingerprint density at radius 2 is 2.09 bits per heavy atom. The van der Waals surface area contributed by atoms with Crippen molar-refractivity contribution >= 4 is 23.1 Å². The summed E-state index contributed by atoms with van der Waals surface area (Å²) in [6.07, 6.45) is 0.832. The molecule has 5 nitrogen and oxygen atoms in total. The molecule has 6 heteroatoms. The van der Waals surface area contributed by atoms with Crippen molar-refractivity contribution < 1.29 is 4.79 Å². The van der Waals surface area contributed by atoms with E-state index in [1.807, 2.05) is 55.7 Å². The normalized spacial score (nSPS) is 10.6. The molecule has 0 aliphatic carbocycles. The highest BCUT2D eigenvalue weighted by Gasteiger charge is 2.14. The number of hydrogen-bond donors (Lipinski definition) is 1. The number of rotatable bonds is 4. The standard InChI is InChI=1S/C16H16N4OS/c1-3-12-9-14(20(2)19-12)18-15(21)16-17-13(10-22-16)11-7-5-4-6-8-11/h4-10H,3H2,1-2H3,(H,18,21). The molecule has 3 rings (SSSR count). The van der Waals surface area contributed by atoms with Crippen LogP contribution in [-0.2, 0) is 13.5 Å². The van der Waals surface area contributed by atoms with Crippen LogP contribution in [0.2, 0.25) is 0 Å². The van der Waals surface area contributed by atoms with Crippen LogP contribution >= 0.6 is 11.3 Å². The smallest absolute Gasteiger partial charge is 0.285 e. The molecule has 2 heterocycles. The Morgan fingerprint density at radius 1 is 1.32 bits per heavy atom. The summed E-state index contributed by atoms with van der Waals surface area (Å²) in [5.74, 6) is 0.469. The van der Waals surface area contributed by atoms with Crippen LogP contribution in [0.5, 0.6) is 0 Å². The highest BCUT2D eigenvalue weighted by Crippen LogP contribution is 2.22. The predicted molar refractivity (Wildman–Crippen MR) is 88.1 cm³/mol. The largest absolute Gasteiger partial charge is 0.305 e. The molecule has 2 aromatic heterocycles. The minimum absolute atomic E-state index is 0.210. The number of amides is 1. The molecule has 112 valence electrons. The van der Waals surface area contributed by atoms with Crippen molar-refractivity contribution in [2.45, 2.75) is 13.3 Å². The van der Waals surface area contributed by atoms with Crippen molar-refractivity contribution in [1.82, 2.24) is 14.8 Å². The summed E-state index contributed by atoms with van der Waals surface area (Å²) < 4.78 is 1.67.